The van der Waals surface area contributed by atoms with Crippen LogP contribution >= 0.6 is 0 Å². The number of carboxylic acid groups (broad SMARTS) is 1. The summed E-state index contributed by atoms with van der Waals surface area (Å²) in [5.41, 5.74) is 0. The highest BCUT2D eigenvalue weighted by Crippen LogP contribution is 2.17. The first-order valence-corrected chi connectivity index (χ1v) is 21.5. The van der Waals surface area contributed by atoms with Crippen LogP contribution in [-0.4, -0.2) is 59.3 Å². The van der Waals surface area contributed by atoms with Gasteiger partial charge in [-0.25, -0.2) is 4.79 Å². The first-order valence-electron chi connectivity index (χ1n) is 21.5. The van der Waals surface area contributed by atoms with Crippen LogP contribution in [0.2, 0.25) is 0 Å². The number of aliphatic hydroxyl groups excluding tert-OH is 1. The molecule has 54 heavy (non-hydrogen) atoms. The average molecular weight is 759 g/mol. The monoisotopic (exact) mass is 759 g/mol. The maximum absolute atomic E-state index is 12.8. The van der Waals surface area contributed by atoms with Crippen molar-refractivity contribution in [2.45, 2.75) is 199 Å². The van der Waals surface area contributed by atoms with Crippen LogP contribution in [0.3, 0.4) is 0 Å². The molecule has 0 aliphatic carbocycles. The number of hydrogen-bond acceptors (Lipinski definition) is 6. The van der Waals surface area contributed by atoms with Gasteiger partial charge in [-0.05, 0) is 96.3 Å². The second kappa shape index (κ2) is 39.5. The molecule has 310 valence electrons. The number of carbonyl (C=O) groups is 4. The molecule has 0 heterocycles. The molecule has 0 rings (SSSR count). The molecule has 0 bridgehead atoms. The third kappa shape index (κ3) is 35.8. The molecule has 2 unspecified atom stereocenters. The van der Waals surface area contributed by atoms with Crippen molar-refractivity contribution in [2.75, 3.05) is 13.2 Å². The fourth-order valence-electron chi connectivity index (χ4n) is 5.96. The number of carbonyl (C=O) groups excluding carboxylic acids is 3. The van der Waals surface area contributed by atoms with Gasteiger partial charge in [-0.15, -0.1) is 0 Å². The second-order valence-corrected chi connectivity index (χ2v) is 14.4. The number of aliphatic carboxylic acids is 1. The van der Waals surface area contributed by atoms with Crippen molar-refractivity contribution in [2.24, 2.45) is 0 Å². The number of ether oxygens (including phenoxy) is 1. The van der Waals surface area contributed by atoms with E-state index in [9.17, 15) is 19.2 Å². The summed E-state index contributed by atoms with van der Waals surface area (Å²) in [6.07, 6.45) is 45.6. The maximum Gasteiger partial charge on any atom is 0.328 e. The molecule has 0 aromatic rings. The van der Waals surface area contributed by atoms with E-state index in [2.05, 4.69) is 73.1 Å². The molecule has 0 aromatic heterocycles. The molecular weight excluding hydrogens is 681 g/mol. The summed E-state index contributed by atoms with van der Waals surface area (Å²) >= 11 is 0. The number of aliphatic hydroxyl groups is 1. The van der Waals surface area contributed by atoms with E-state index in [0.717, 1.165) is 96.3 Å². The topological polar surface area (TPSA) is 142 Å². The highest BCUT2D eigenvalue weighted by Gasteiger charge is 2.19. The van der Waals surface area contributed by atoms with E-state index >= 15 is 0 Å². The SMILES string of the molecule is CCCCC/C=C\C/C=C\CCCCCCCC(=O)OC(CCC/C=C\C/C=C\CCCCC)CCCCCCCC(=O)NCC(=O)NC(CO)C(=O)O. The Kier molecular flexibility index (Phi) is 37.2. The minimum absolute atomic E-state index is 0.0641. The van der Waals surface area contributed by atoms with E-state index in [0.29, 0.717) is 12.8 Å². The van der Waals surface area contributed by atoms with Crippen molar-refractivity contribution in [3.63, 3.8) is 0 Å². The number of allylic oxidation sites excluding steroid dienone is 8. The molecule has 9 nitrogen and oxygen atoms in total. The van der Waals surface area contributed by atoms with E-state index in [1.807, 2.05) is 0 Å². The van der Waals surface area contributed by atoms with Gasteiger partial charge in [0.15, 0.2) is 0 Å². The van der Waals surface area contributed by atoms with Gasteiger partial charge in [0, 0.05) is 12.8 Å². The van der Waals surface area contributed by atoms with Gasteiger partial charge in [0.2, 0.25) is 11.8 Å². The molecule has 0 aliphatic rings. The van der Waals surface area contributed by atoms with Crippen LogP contribution in [0, 0.1) is 0 Å². The molecule has 9 heteroatoms. The molecule has 0 spiro atoms. The standard InChI is InChI=1S/C45H78N2O7/c1-3-5-7-9-11-13-15-16-17-18-20-22-24-29-33-37-44(51)54-40(34-30-26-23-21-19-14-12-10-8-6-4-2)35-31-27-25-28-32-36-42(49)46-38-43(50)47-41(39-48)45(52)53/h11-14,16-17,21,23,40-41,48H,3-10,15,18-20,22,24-39H2,1-2H3,(H,46,49)(H,47,50)(H,52,53)/b13-11-,14-12-,17-16-,23-21-. The zero-order valence-electron chi connectivity index (χ0n) is 34.2. The molecule has 2 amide bonds. The van der Waals surface area contributed by atoms with Crippen molar-refractivity contribution in [1.29, 1.82) is 0 Å². The summed E-state index contributed by atoms with van der Waals surface area (Å²) in [4.78, 5) is 47.5. The minimum Gasteiger partial charge on any atom is -0.480 e. The van der Waals surface area contributed by atoms with E-state index in [-0.39, 0.29) is 30.9 Å². The molecule has 0 aliphatic heterocycles. The Balaban J connectivity index is 4.38. The van der Waals surface area contributed by atoms with Gasteiger partial charge in [0.25, 0.3) is 0 Å². The van der Waals surface area contributed by atoms with Crippen molar-refractivity contribution in [3.8, 4) is 0 Å². The van der Waals surface area contributed by atoms with Crippen LogP contribution in [0.5, 0.6) is 0 Å². The number of unbranched alkanes of at least 4 members (excludes halogenated alkanes) is 16. The van der Waals surface area contributed by atoms with Gasteiger partial charge in [-0.2, -0.15) is 0 Å². The van der Waals surface area contributed by atoms with Crippen molar-refractivity contribution in [3.05, 3.63) is 48.6 Å². The number of amides is 2. The molecule has 0 radical (unpaired) electrons. The molecular formula is C45H78N2O7. The lowest BCUT2D eigenvalue weighted by molar-refractivity contribution is -0.150. The van der Waals surface area contributed by atoms with Gasteiger partial charge in [0.05, 0.1) is 13.2 Å². The Hall–Kier alpha value is -3.20. The quantitative estimate of drug-likeness (QED) is 0.0279. The molecule has 0 saturated heterocycles. The lowest BCUT2D eigenvalue weighted by Gasteiger charge is -2.18. The predicted molar refractivity (Wildman–Crippen MR) is 222 cm³/mol. The van der Waals surface area contributed by atoms with Crippen molar-refractivity contribution < 1.29 is 34.1 Å². The highest BCUT2D eigenvalue weighted by atomic mass is 16.5. The third-order valence-corrected chi connectivity index (χ3v) is 9.30. The van der Waals surface area contributed by atoms with E-state index < -0.39 is 24.5 Å². The Morgan fingerprint density at radius 2 is 1.02 bits per heavy atom. The fourth-order valence-corrected chi connectivity index (χ4v) is 5.96. The Morgan fingerprint density at radius 1 is 0.556 bits per heavy atom. The summed E-state index contributed by atoms with van der Waals surface area (Å²) in [5, 5.41) is 22.5. The van der Waals surface area contributed by atoms with Crippen LogP contribution in [0.15, 0.2) is 48.6 Å². The van der Waals surface area contributed by atoms with E-state index in [1.54, 1.807) is 0 Å². The Labute approximate surface area is 328 Å². The fraction of sp³-hybridized carbons (Fsp3) is 0.733. The van der Waals surface area contributed by atoms with Crippen LogP contribution < -0.4 is 10.6 Å². The smallest absolute Gasteiger partial charge is 0.328 e. The summed E-state index contributed by atoms with van der Waals surface area (Å²) in [7, 11) is 0. The van der Waals surface area contributed by atoms with Crippen LogP contribution in [0.1, 0.15) is 187 Å². The zero-order chi connectivity index (χ0) is 39.7. The van der Waals surface area contributed by atoms with Gasteiger partial charge in [0.1, 0.15) is 12.1 Å². The molecule has 0 saturated carbocycles. The first-order chi connectivity index (χ1) is 26.3. The van der Waals surface area contributed by atoms with Crippen LogP contribution in [0.25, 0.3) is 0 Å². The van der Waals surface area contributed by atoms with Crippen LogP contribution in [0.4, 0.5) is 0 Å². The van der Waals surface area contributed by atoms with E-state index in [4.69, 9.17) is 14.9 Å². The average Bonchev–Trinajstić information content (AvgIpc) is 3.15. The van der Waals surface area contributed by atoms with E-state index in [1.165, 1.54) is 57.8 Å². The lowest BCUT2D eigenvalue weighted by Crippen LogP contribution is -2.47. The number of carboxylic acids is 1. The summed E-state index contributed by atoms with van der Waals surface area (Å²) in [5.74, 6) is -2.34. The Bertz CT molecular complexity index is 1050. The largest absolute Gasteiger partial charge is 0.480 e. The third-order valence-electron chi connectivity index (χ3n) is 9.30. The van der Waals surface area contributed by atoms with Gasteiger partial charge in [-0.1, -0.05) is 127 Å². The minimum atomic E-state index is -1.39. The number of nitrogens with one attached hydrogen (secondary N) is 2. The second-order valence-electron chi connectivity index (χ2n) is 14.4. The highest BCUT2D eigenvalue weighted by molar-refractivity contribution is 5.87. The summed E-state index contributed by atoms with van der Waals surface area (Å²) in [6, 6.07) is -1.39. The predicted octanol–water partition coefficient (Wildman–Crippen LogP) is 10.4. The molecule has 2 atom stereocenters. The maximum atomic E-state index is 12.8. The van der Waals surface area contributed by atoms with Gasteiger partial charge >= 0.3 is 11.9 Å². The molecule has 0 fully saturated rings. The number of rotatable bonds is 38. The number of hydrogen-bond donors (Lipinski definition) is 4. The summed E-state index contributed by atoms with van der Waals surface area (Å²) < 4.78 is 5.99. The Morgan fingerprint density at radius 3 is 1.56 bits per heavy atom. The van der Waals surface area contributed by atoms with Crippen molar-refractivity contribution >= 4 is 23.8 Å². The molecule has 4 N–H and O–H groups in total. The normalized spacial score (nSPS) is 12.9. The van der Waals surface area contributed by atoms with Crippen LogP contribution in [-0.2, 0) is 23.9 Å². The molecule has 0 aromatic carbocycles. The van der Waals surface area contributed by atoms with Crippen molar-refractivity contribution in [1.82, 2.24) is 10.6 Å². The first kappa shape index (κ1) is 50.8. The van der Waals surface area contributed by atoms with Gasteiger partial charge in [-0.3, -0.25) is 14.4 Å². The van der Waals surface area contributed by atoms with Gasteiger partial charge < -0.3 is 25.6 Å². The number of esters is 1. The summed E-state index contributed by atoms with van der Waals surface area (Å²) in [6.45, 7) is 3.41. The lowest BCUT2D eigenvalue weighted by atomic mass is 10.0. The zero-order valence-corrected chi connectivity index (χ0v) is 34.2.